The molecule has 1 unspecified atom stereocenters. The van der Waals surface area contributed by atoms with Crippen LogP contribution >= 0.6 is 0 Å². The van der Waals surface area contributed by atoms with Crippen LogP contribution in [-0.2, 0) is 6.42 Å². The van der Waals surface area contributed by atoms with Gasteiger partial charge in [0.1, 0.15) is 0 Å². The molecular formula is C31H36N4O2. The van der Waals surface area contributed by atoms with E-state index in [0.29, 0.717) is 5.56 Å². The van der Waals surface area contributed by atoms with E-state index in [4.69, 9.17) is 0 Å². The normalized spacial score (nSPS) is 17.7. The van der Waals surface area contributed by atoms with Crippen LogP contribution in [0.1, 0.15) is 74.7 Å². The molecule has 2 amide bonds. The second-order valence-electron chi connectivity index (χ2n) is 10.4. The minimum atomic E-state index is -0.0862. The van der Waals surface area contributed by atoms with Crippen molar-refractivity contribution in [2.45, 2.75) is 58.0 Å². The Morgan fingerprint density at radius 3 is 2.38 bits per heavy atom. The zero-order valence-electron chi connectivity index (χ0n) is 22.0. The molecule has 1 aromatic heterocycles. The first-order valence-corrected chi connectivity index (χ1v) is 13.3. The number of amides is 2. The minimum absolute atomic E-state index is 0.0387. The van der Waals surface area contributed by atoms with E-state index < -0.39 is 0 Å². The predicted molar refractivity (Wildman–Crippen MR) is 147 cm³/mol. The Bertz CT molecular complexity index is 1260. The molecule has 6 nitrogen and oxygen atoms in total. The number of carbonyl (C=O) groups excluding carboxylic acids is 2. The van der Waals surface area contributed by atoms with Gasteiger partial charge in [-0.25, -0.2) is 0 Å². The fourth-order valence-corrected chi connectivity index (χ4v) is 5.92. The third-order valence-corrected chi connectivity index (χ3v) is 8.08. The molecule has 0 spiro atoms. The Balaban J connectivity index is 1.29. The van der Waals surface area contributed by atoms with Gasteiger partial charge in [0.15, 0.2) is 0 Å². The van der Waals surface area contributed by atoms with Gasteiger partial charge in [0.2, 0.25) is 0 Å². The lowest BCUT2D eigenvalue weighted by atomic mass is 9.86. The van der Waals surface area contributed by atoms with Gasteiger partial charge in [-0.3, -0.25) is 14.6 Å². The van der Waals surface area contributed by atoms with Crippen molar-refractivity contribution in [3.05, 3.63) is 94.3 Å². The van der Waals surface area contributed by atoms with E-state index >= 15 is 0 Å². The van der Waals surface area contributed by atoms with Gasteiger partial charge in [0.25, 0.3) is 11.8 Å². The van der Waals surface area contributed by atoms with Crippen LogP contribution in [0.3, 0.4) is 0 Å². The van der Waals surface area contributed by atoms with Gasteiger partial charge >= 0.3 is 0 Å². The summed E-state index contributed by atoms with van der Waals surface area (Å²) in [5.41, 5.74) is 6.90. The van der Waals surface area contributed by atoms with Crippen molar-refractivity contribution in [1.29, 1.82) is 0 Å². The maximum Gasteiger partial charge on any atom is 0.253 e. The fourth-order valence-electron chi connectivity index (χ4n) is 5.92. The van der Waals surface area contributed by atoms with Gasteiger partial charge < -0.3 is 15.1 Å². The minimum Gasteiger partial charge on any atom is -0.371 e. The number of piperidine rings is 1. The lowest BCUT2D eigenvalue weighted by Gasteiger charge is -2.38. The van der Waals surface area contributed by atoms with E-state index in [0.717, 1.165) is 67.4 Å². The van der Waals surface area contributed by atoms with Crippen LogP contribution in [-0.4, -0.2) is 47.9 Å². The number of hydrogen-bond donors (Lipinski definition) is 1. The maximum atomic E-state index is 13.5. The monoisotopic (exact) mass is 496 g/mol. The molecule has 6 heteroatoms. The summed E-state index contributed by atoms with van der Waals surface area (Å²) >= 11 is 0. The Labute approximate surface area is 219 Å². The second kappa shape index (κ2) is 10.8. The summed E-state index contributed by atoms with van der Waals surface area (Å²) in [5, 5.41) is 3.28. The van der Waals surface area contributed by atoms with Crippen LogP contribution in [0.2, 0.25) is 0 Å². The fraction of sp³-hybridized carbons (Fsp3) is 0.387. The van der Waals surface area contributed by atoms with Gasteiger partial charge in [0.05, 0.1) is 6.04 Å². The van der Waals surface area contributed by atoms with Crippen molar-refractivity contribution < 1.29 is 9.59 Å². The zero-order chi connectivity index (χ0) is 25.9. The van der Waals surface area contributed by atoms with Crippen LogP contribution in [0.25, 0.3) is 0 Å². The highest BCUT2D eigenvalue weighted by Crippen LogP contribution is 2.32. The molecule has 0 radical (unpaired) electrons. The molecule has 1 aliphatic heterocycles. The van der Waals surface area contributed by atoms with Crippen LogP contribution in [0.4, 0.5) is 5.69 Å². The highest BCUT2D eigenvalue weighted by atomic mass is 16.2. The number of nitrogens with zero attached hydrogens (tertiary/aromatic N) is 3. The number of hydrogen-bond acceptors (Lipinski definition) is 4. The van der Waals surface area contributed by atoms with Crippen LogP contribution in [0, 0.1) is 13.8 Å². The van der Waals surface area contributed by atoms with Crippen LogP contribution in [0.15, 0.2) is 60.9 Å². The number of anilines is 1. The van der Waals surface area contributed by atoms with Crippen LogP contribution in [0.5, 0.6) is 0 Å². The summed E-state index contributed by atoms with van der Waals surface area (Å²) < 4.78 is 0. The van der Waals surface area contributed by atoms with Crippen molar-refractivity contribution in [3.63, 3.8) is 0 Å². The first kappa shape index (κ1) is 25.0. The summed E-state index contributed by atoms with van der Waals surface area (Å²) in [6.45, 7) is 5.79. The Morgan fingerprint density at radius 2 is 1.68 bits per heavy atom. The Hall–Kier alpha value is -3.67. The summed E-state index contributed by atoms with van der Waals surface area (Å²) in [7, 11) is 1.93. The Kier molecular flexibility index (Phi) is 7.26. The first-order valence-electron chi connectivity index (χ1n) is 13.3. The summed E-state index contributed by atoms with van der Waals surface area (Å²) in [5.74, 6) is 0.0128. The van der Waals surface area contributed by atoms with Gasteiger partial charge in [-0.1, -0.05) is 24.3 Å². The first-order chi connectivity index (χ1) is 17.9. The summed E-state index contributed by atoms with van der Waals surface area (Å²) in [6, 6.07) is 16.2. The number of fused-ring (bicyclic) bond motifs is 1. The SMILES string of the molecule is Cc1cccc(C)c1C(=O)NC1CCCc2ccc(C(=O)N(C)C3CCN(c4ccncc4)CC3)cc21. The van der Waals surface area contributed by atoms with Crippen LogP contribution < -0.4 is 10.2 Å². The lowest BCUT2D eigenvalue weighted by Crippen LogP contribution is -2.45. The van der Waals surface area contributed by atoms with E-state index in [1.54, 1.807) is 0 Å². The number of rotatable bonds is 5. The number of aromatic nitrogens is 1. The number of pyridine rings is 1. The number of nitrogens with one attached hydrogen (secondary N) is 1. The molecule has 3 aromatic rings. The van der Waals surface area contributed by atoms with Crippen molar-refractivity contribution >= 4 is 17.5 Å². The van der Waals surface area contributed by atoms with Gasteiger partial charge in [-0.2, -0.15) is 0 Å². The molecule has 2 heterocycles. The molecule has 2 aromatic carbocycles. The smallest absolute Gasteiger partial charge is 0.253 e. The molecule has 1 aliphatic carbocycles. The number of benzene rings is 2. The van der Waals surface area contributed by atoms with E-state index in [2.05, 4.69) is 21.3 Å². The molecule has 2 aliphatic rings. The molecule has 1 N–H and O–H groups in total. The topological polar surface area (TPSA) is 65.5 Å². The van der Waals surface area contributed by atoms with E-state index in [-0.39, 0.29) is 23.9 Å². The van der Waals surface area contributed by atoms with Crippen molar-refractivity contribution in [2.75, 3.05) is 25.0 Å². The quantitative estimate of drug-likeness (QED) is 0.524. The molecule has 37 heavy (non-hydrogen) atoms. The molecular weight excluding hydrogens is 460 g/mol. The average molecular weight is 497 g/mol. The van der Waals surface area contributed by atoms with E-state index in [1.807, 2.05) is 80.7 Å². The van der Waals surface area contributed by atoms with Gasteiger partial charge in [-0.05, 0) is 92.5 Å². The maximum absolute atomic E-state index is 13.5. The largest absolute Gasteiger partial charge is 0.371 e. The molecule has 5 rings (SSSR count). The number of carbonyl (C=O) groups is 2. The molecule has 192 valence electrons. The van der Waals surface area contributed by atoms with Gasteiger partial charge in [0, 0.05) is 55.4 Å². The zero-order valence-corrected chi connectivity index (χ0v) is 22.0. The molecule has 0 saturated carbocycles. The summed E-state index contributed by atoms with van der Waals surface area (Å²) in [6.07, 6.45) is 8.39. The van der Waals surface area contributed by atoms with E-state index in [9.17, 15) is 9.59 Å². The summed E-state index contributed by atoms with van der Waals surface area (Å²) in [4.78, 5) is 35.2. The molecule has 1 fully saturated rings. The highest BCUT2D eigenvalue weighted by Gasteiger charge is 2.28. The highest BCUT2D eigenvalue weighted by molar-refractivity contribution is 5.97. The molecule has 1 atom stereocenters. The third kappa shape index (κ3) is 5.24. The van der Waals surface area contributed by atoms with Crippen molar-refractivity contribution in [2.24, 2.45) is 0 Å². The second-order valence-corrected chi connectivity index (χ2v) is 10.4. The molecule has 0 bridgehead atoms. The predicted octanol–water partition coefficient (Wildman–Crippen LogP) is 5.25. The van der Waals surface area contributed by atoms with Gasteiger partial charge in [-0.15, -0.1) is 0 Å². The Morgan fingerprint density at radius 1 is 0.973 bits per heavy atom. The average Bonchev–Trinajstić information content (AvgIpc) is 2.93. The standard InChI is InChI=1S/C31H36N4O2/c1-21-6-4-7-22(2)29(21)30(36)33-28-9-5-8-23-10-11-24(20-27(23)28)31(37)34(3)25-14-18-35(19-15-25)26-12-16-32-17-13-26/h4,6-7,10-13,16-17,20,25,28H,5,8-9,14-15,18-19H2,1-3H3,(H,33,36). The van der Waals surface area contributed by atoms with E-state index in [1.165, 1.54) is 11.3 Å². The third-order valence-electron chi connectivity index (χ3n) is 8.08. The molecule has 1 saturated heterocycles. The van der Waals surface area contributed by atoms with Crippen molar-refractivity contribution in [3.8, 4) is 0 Å². The number of aryl methyl sites for hydroxylation is 3. The van der Waals surface area contributed by atoms with Crippen molar-refractivity contribution in [1.82, 2.24) is 15.2 Å². The lowest BCUT2D eigenvalue weighted by molar-refractivity contribution is 0.0709.